The lowest BCUT2D eigenvalue weighted by atomic mass is 10.0. The summed E-state index contributed by atoms with van der Waals surface area (Å²) in [6, 6.07) is 17.2. The van der Waals surface area contributed by atoms with Gasteiger partial charge in [-0.25, -0.2) is 9.78 Å². The number of hydrogen-bond acceptors (Lipinski definition) is 4. The number of rotatable bonds is 7. The van der Waals surface area contributed by atoms with Gasteiger partial charge in [-0.05, 0) is 55.7 Å². The first-order chi connectivity index (χ1) is 16.1. The molecule has 0 spiro atoms. The highest BCUT2D eigenvalue weighted by atomic mass is 16.5. The molecule has 3 aromatic rings. The molecule has 2 bridgehead atoms. The minimum absolute atomic E-state index is 0.0144. The number of anilines is 1. The van der Waals surface area contributed by atoms with E-state index in [1.807, 2.05) is 39.9 Å². The Bertz CT molecular complexity index is 1080. The van der Waals surface area contributed by atoms with E-state index in [-0.39, 0.29) is 12.1 Å². The van der Waals surface area contributed by atoms with Gasteiger partial charge in [-0.3, -0.25) is 4.90 Å². The van der Waals surface area contributed by atoms with Gasteiger partial charge in [0, 0.05) is 49.3 Å². The molecule has 2 saturated heterocycles. The van der Waals surface area contributed by atoms with Gasteiger partial charge in [0.25, 0.3) is 0 Å². The number of piperazine rings is 1. The van der Waals surface area contributed by atoms with Gasteiger partial charge in [0.1, 0.15) is 12.4 Å². The number of fused-ring (bicyclic) bond motifs is 2. The third-order valence-corrected chi connectivity index (χ3v) is 6.96. The van der Waals surface area contributed by atoms with Crippen molar-refractivity contribution in [2.24, 2.45) is 0 Å². The van der Waals surface area contributed by atoms with E-state index in [9.17, 15) is 4.79 Å². The fourth-order valence-corrected chi connectivity index (χ4v) is 5.17. The van der Waals surface area contributed by atoms with E-state index >= 15 is 0 Å². The molecule has 0 aliphatic carbocycles. The predicted octanol–water partition coefficient (Wildman–Crippen LogP) is 4.32. The number of carbonyl (C=O) groups is 1. The van der Waals surface area contributed by atoms with Gasteiger partial charge in [0.2, 0.25) is 0 Å². The van der Waals surface area contributed by atoms with Crippen LogP contribution in [0, 0.1) is 6.92 Å². The molecule has 0 radical (unpaired) electrons. The number of amides is 2. The standard InChI is InChI=1S/C26H31N5O2/c1-19-5-3-4-6-25(19)20(2)30-16-23-15-22(30)17-31(23)26(32)28-21-7-9-24(10-8-21)33-14-13-29-12-11-27-18-29/h3-12,18,20,22-23H,13-17H2,1-2H3,(H,28,32). The number of aryl methyl sites for hydroxylation is 1. The van der Waals surface area contributed by atoms with Crippen molar-refractivity contribution >= 4 is 11.7 Å². The molecule has 1 aromatic heterocycles. The van der Waals surface area contributed by atoms with Crippen LogP contribution in [0.5, 0.6) is 5.75 Å². The van der Waals surface area contributed by atoms with Gasteiger partial charge >= 0.3 is 6.03 Å². The lowest BCUT2D eigenvalue weighted by molar-refractivity contribution is 0.115. The van der Waals surface area contributed by atoms with E-state index in [0.29, 0.717) is 18.7 Å². The zero-order valence-corrected chi connectivity index (χ0v) is 19.2. The Morgan fingerprint density at radius 1 is 1.15 bits per heavy atom. The summed E-state index contributed by atoms with van der Waals surface area (Å²) in [4.78, 5) is 21.5. The summed E-state index contributed by atoms with van der Waals surface area (Å²) in [6.07, 6.45) is 6.49. The monoisotopic (exact) mass is 445 g/mol. The van der Waals surface area contributed by atoms with Crippen molar-refractivity contribution in [2.45, 2.75) is 44.9 Å². The van der Waals surface area contributed by atoms with Crippen molar-refractivity contribution in [2.75, 3.05) is 25.0 Å². The Hall–Kier alpha value is -3.32. The van der Waals surface area contributed by atoms with Crippen molar-refractivity contribution in [1.29, 1.82) is 0 Å². The lowest BCUT2D eigenvalue weighted by Crippen LogP contribution is -2.50. The second-order valence-electron chi connectivity index (χ2n) is 9.03. The van der Waals surface area contributed by atoms with Crippen LogP contribution in [0.1, 0.15) is 30.5 Å². The molecule has 2 fully saturated rings. The molecule has 2 aliphatic rings. The van der Waals surface area contributed by atoms with Crippen LogP contribution in [0.2, 0.25) is 0 Å². The SMILES string of the molecule is Cc1ccccc1C(C)N1CC2CC1CN2C(=O)Nc1ccc(OCCn2ccnc2)cc1. The summed E-state index contributed by atoms with van der Waals surface area (Å²) in [5.74, 6) is 0.786. The minimum Gasteiger partial charge on any atom is -0.492 e. The highest BCUT2D eigenvalue weighted by Gasteiger charge is 2.46. The van der Waals surface area contributed by atoms with Crippen molar-refractivity contribution < 1.29 is 9.53 Å². The van der Waals surface area contributed by atoms with E-state index in [2.05, 4.69) is 53.3 Å². The molecule has 33 heavy (non-hydrogen) atoms. The maximum Gasteiger partial charge on any atom is 0.322 e. The quantitative estimate of drug-likeness (QED) is 0.588. The number of benzene rings is 2. The Morgan fingerprint density at radius 2 is 1.97 bits per heavy atom. The molecule has 2 aromatic carbocycles. The number of urea groups is 1. The zero-order chi connectivity index (χ0) is 22.8. The molecular formula is C26H31N5O2. The van der Waals surface area contributed by atoms with Gasteiger partial charge in [0.15, 0.2) is 0 Å². The smallest absolute Gasteiger partial charge is 0.322 e. The first-order valence-electron chi connectivity index (χ1n) is 11.7. The Labute approximate surface area is 195 Å². The average Bonchev–Trinajstić information content (AvgIpc) is 3.58. The number of likely N-dealkylation sites (tertiary alicyclic amines) is 2. The highest BCUT2D eigenvalue weighted by molar-refractivity contribution is 5.90. The summed E-state index contributed by atoms with van der Waals surface area (Å²) >= 11 is 0. The number of imidazole rings is 1. The molecule has 2 amide bonds. The highest BCUT2D eigenvalue weighted by Crippen LogP contribution is 2.37. The first-order valence-corrected chi connectivity index (χ1v) is 11.7. The normalized spacial score (nSPS) is 20.7. The third-order valence-electron chi connectivity index (χ3n) is 6.96. The molecule has 5 rings (SSSR count). The van der Waals surface area contributed by atoms with Crippen molar-refractivity contribution in [3.8, 4) is 5.75 Å². The molecule has 7 nitrogen and oxygen atoms in total. The molecule has 3 heterocycles. The van der Waals surface area contributed by atoms with Crippen molar-refractivity contribution in [3.63, 3.8) is 0 Å². The van der Waals surface area contributed by atoms with Crippen molar-refractivity contribution in [1.82, 2.24) is 19.4 Å². The Balaban J connectivity index is 1.12. The number of carbonyl (C=O) groups excluding carboxylic acids is 1. The fraction of sp³-hybridized carbons (Fsp3) is 0.385. The Kier molecular flexibility index (Phi) is 6.05. The van der Waals surface area contributed by atoms with E-state index in [4.69, 9.17) is 4.74 Å². The molecule has 3 atom stereocenters. The van der Waals surface area contributed by atoms with Crippen molar-refractivity contribution in [3.05, 3.63) is 78.4 Å². The summed E-state index contributed by atoms with van der Waals surface area (Å²) in [5.41, 5.74) is 3.50. The predicted molar refractivity (Wildman–Crippen MR) is 128 cm³/mol. The van der Waals surface area contributed by atoms with Gasteiger partial charge in [-0.1, -0.05) is 24.3 Å². The van der Waals surface area contributed by atoms with Gasteiger partial charge in [0.05, 0.1) is 12.9 Å². The summed E-state index contributed by atoms with van der Waals surface area (Å²) in [7, 11) is 0. The lowest BCUT2D eigenvalue weighted by Gasteiger charge is -2.38. The van der Waals surface area contributed by atoms with Crippen LogP contribution >= 0.6 is 0 Å². The molecule has 0 saturated carbocycles. The number of nitrogens with one attached hydrogen (secondary N) is 1. The maximum absolute atomic E-state index is 12.9. The zero-order valence-electron chi connectivity index (χ0n) is 19.2. The second-order valence-corrected chi connectivity index (χ2v) is 9.03. The molecule has 3 unspecified atom stereocenters. The van der Waals surface area contributed by atoms with Crippen LogP contribution < -0.4 is 10.1 Å². The summed E-state index contributed by atoms with van der Waals surface area (Å²) in [6.45, 7) is 7.48. The summed E-state index contributed by atoms with van der Waals surface area (Å²) < 4.78 is 7.75. The van der Waals surface area contributed by atoms with E-state index in [1.54, 1.807) is 12.5 Å². The number of ether oxygens (including phenoxy) is 1. The number of aromatic nitrogens is 2. The van der Waals surface area contributed by atoms with Crippen LogP contribution in [0.4, 0.5) is 10.5 Å². The minimum atomic E-state index is -0.0144. The molecule has 1 N–H and O–H groups in total. The largest absolute Gasteiger partial charge is 0.492 e. The molecule has 7 heteroatoms. The first kappa shape index (κ1) is 21.5. The fourth-order valence-electron chi connectivity index (χ4n) is 5.17. The van der Waals surface area contributed by atoms with Crippen LogP contribution in [0.15, 0.2) is 67.3 Å². The van der Waals surface area contributed by atoms with Crippen LogP contribution in [0.3, 0.4) is 0 Å². The van der Waals surface area contributed by atoms with Crippen LogP contribution in [-0.2, 0) is 6.54 Å². The number of hydrogen-bond donors (Lipinski definition) is 1. The van der Waals surface area contributed by atoms with E-state index in [1.165, 1.54) is 11.1 Å². The molecular weight excluding hydrogens is 414 g/mol. The molecule has 2 aliphatic heterocycles. The molecule has 172 valence electrons. The van der Waals surface area contributed by atoms with E-state index in [0.717, 1.165) is 37.5 Å². The third kappa shape index (κ3) is 4.59. The van der Waals surface area contributed by atoms with Gasteiger partial charge in [-0.2, -0.15) is 0 Å². The van der Waals surface area contributed by atoms with Crippen LogP contribution in [0.25, 0.3) is 0 Å². The van der Waals surface area contributed by atoms with Gasteiger partial charge < -0.3 is 19.5 Å². The maximum atomic E-state index is 12.9. The topological polar surface area (TPSA) is 62.6 Å². The number of nitrogens with zero attached hydrogens (tertiary/aromatic N) is 4. The van der Waals surface area contributed by atoms with Crippen LogP contribution in [-0.4, -0.2) is 57.2 Å². The summed E-state index contributed by atoms with van der Waals surface area (Å²) in [5, 5.41) is 3.06. The second kappa shape index (κ2) is 9.27. The Morgan fingerprint density at radius 3 is 2.67 bits per heavy atom. The average molecular weight is 446 g/mol. The van der Waals surface area contributed by atoms with E-state index < -0.39 is 0 Å². The van der Waals surface area contributed by atoms with Gasteiger partial charge in [-0.15, -0.1) is 0 Å².